The van der Waals surface area contributed by atoms with Gasteiger partial charge in [-0.15, -0.1) is 11.8 Å². The predicted molar refractivity (Wildman–Crippen MR) is 64.6 cm³/mol. The molecule has 0 saturated carbocycles. The van der Waals surface area contributed by atoms with Crippen molar-refractivity contribution in [2.24, 2.45) is 7.05 Å². The van der Waals surface area contributed by atoms with Crippen LogP contribution >= 0.6 is 11.8 Å². The minimum atomic E-state index is 0.157. The molecule has 0 aliphatic rings. The maximum atomic E-state index is 11.8. The van der Waals surface area contributed by atoms with Crippen molar-refractivity contribution in [3.8, 4) is 0 Å². The van der Waals surface area contributed by atoms with E-state index in [0.29, 0.717) is 5.75 Å². The van der Waals surface area contributed by atoms with E-state index in [9.17, 15) is 4.79 Å². The number of thioether (sulfide) groups is 1. The molecule has 2 heterocycles. The number of Topliss-reactive ketones (excluding diaryl/α,β-unsaturated/α-hetero) is 1. The predicted octanol–water partition coefficient (Wildman–Crippen LogP) is 2.73. The lowest BCUT2D eigenvalue weighted by Crippen LogP contribution is -2.07. The quantitative estimate of drug-likeness (QED) is 0.747. The number of ketones is 1. The van der Waals surface area contributed by atoms with E-state index in [4.69, 9.17) is 4.42 Å². The van der Waals surface area contributed by atoms with E-state index in [2.05, 4.69) is 0 Å². The van der Waals surface area contributed by atoms with E-state index in [1.54, 1.807) is 18.0 Å². The summed E-state index contributed by atoms with van der Waals surface area (Å²) in [5.41, 5.74) is 0.756. The molecule has 2 aromatic heterocycles. The number of hydrogen-bond donors (Lipinski definition) is 0. The molecule has 0 spiro atoms. The number of aromatic nitrogens is 1. The number of carbonyl (C=O) groups excluding carboxylic acids is 1. The summed E-state index contributed by atoms with van der Waals surface area (Å²) in [5.74, 6) is 2.29. The minimum absolute atomic E-state index is 0.157. The van der Waals surface area contributed by atoms with Crippen molar-refractivity contribution in [2.75, 3.05) is 5.75 Å². The fourth-order valence-electron chi connectivity index (χ4n) is 1.46. The Morgan fingerprint density at radius 1 is 1.44 bits per heavy atom. The average Bonchev–Trinajstić information content (AvgIpc) is 2.88. The van der Waals surface area contributed by atoms with Gasteiger partial charge in [-0.2, -0.15) is 0 Å². The molecule has 3 nitrogen and oxygen atoms in total. The number of carbonyl (C=O) groups is 1. The molecule has 0 bridgehead atoms. The van der Waals surface area contributed by atoms with Crippen LogP contribution in [0.1, 0.15) is 16.2 Å². The molecular formula is C12H13NO2S. The summed E-state index contributed by atoms with van der Waals surface area (Å²) in [6.45, 7) is 0. The van der Waals surface area contributed by atoms with Gasteiger partial charge >= 0.3 is 0 Å². The maximum Gasteiger partial charge on any atom is 0.189 e. The Hall–Kier alpha value is -1.42. The normalized spacial score (nSPS) is 10.6. The minimum Gasteiger partial charge on any atom is -0.468 e. The van der Waals surface area contributed by atoms with Gasteiger partial charge in [-0.25, -0.2) is 0 Å². The highest BCUT2D eigenvalue weighted by atomic mass is 32.2. The summed E-state index contributed by atoms with van der Waals surface area (Å²) in [6.07, 6.45) is 3.53. The van der Waals surface area contributed by atoms with Crippen molar-refractivity contribution in [1.82, 2.24) is 4.57 Å². The Morgan fingerprint density at radius 2 is 2.31 bits per heavy atom. The van der Waals surface area contributed by atoms with Gasteiger partial charge in [0, 0.05) is 13.2 Å². The molecule has 16 heavy (non-hydrogen) atoms. The molecule has 0 N–H and O–H groups in total. The second-order valence-electron chi connectivity index (χ2n) is 3.50. The van der Waals surface area contributed by atoms with Gasteiger partial charge in [0.15, 0.2) is 5.78 Å². The van der Waals surface area contributed by atoms with Crippen molar-refractivity contribution < 1.29 is 9.21 Å². The summed E-state index contributed by atoms with van der Waals surface area (Å²) in [6, 6.07) is 7.50. The number of furan rings is 1. The van der Waals surface area contributed by atoms with E-state index >= 15 is 0 Å². The van der Waals surface area contributed by atoms with Crippen LogP contribution in [0.3, 0.4) is 0 Å². The first kappa shape index (κ1) is 11.1. The number of rotatable bonds is 5. The number of aryl methyl sites for hydroxylation is 1. The van der Waals surface area contributed by atoms with Crippen LogP contribution in [-0.2, 0) is 12.8 Å². The molecule has 0 aliphatic heterocycles. The van der Waals surface area contributed by atoms with Crippen LogP contribution in [0, 0.1) is 0 Å². The van der Waals surface area contributed by atoms with Gasteiger partial charge in [-0.05, 0) is 24.3 Å². The molecule has 0 fully saturated rings. The van der Waals surface area contributed by atoms with E-state index in [-0.39, 0.29) is 5.78 Å². The molecule has 84 valence electrons. The average molecular weight is 235 g/mol. The lowest BCUT2D eigenvalue weighted by Gasteiger charge is -2.01. The first-order chi connectivity index (χ1) is 7.77. The summed E-state index contributed by atoms with van der Waals surface area (Å²) < 4.78 is 7.04. The van der Waals surface area contributed by atoms with Gasteiger partial charge in [0.25, 0.3) is 0 Å². The molecule has 0 aliphatic carbocycles. The van der Waals surface area contributed by atoms with E-state index in [1.807, 2.05) is 42.1 Å². The Bertz CT molecular complexity index is 459. The van der Waals surface area contributed by atoms with Crippen LogP contribution in [0.2, 0.25) is 0 Å². The zero-order valence-electron chi connectivity index (χ0n) is 9.05. The first-order valence-corrected chi connectivity index (χ1v) is 6.17. The first-order valence-electron chi connectivity index (χ1n) is 5.02. The third kappa shape index (κ3) is 2.58. The fourth-order valence-corrected chi connectivity index (χ4v) is 2.26. The molecule has 0 saturated heterocycles. The Labute approximate surface area is 98.4 Å². The van der Waals surface area contributed by atoms with Crippen LogP contribution in [0.15, 0.2) is 41.1 Å². The highest BCUT2D eigenvalue weighted by Gasteiger charge is 2.09. The largest absolute Gasteiger partial charge is 0.468 e. The van der Waals surface area contributed by atoms with Crippen LogP contribution in [-0.4, -0.2) is 16.1 Å². The molecule has 0 radical (unpaired) electrons. The van der Waals surface area contributed by atoms with Gasteiger partial charge in [0.1, 0.15) is 5.76 Å². The van der Waals surface area contributed by atoms with Crippen molar-refractivity contribution in [3.05, 3.63) is 48.2 Å². The van der Waals surface area contributed by atoms with Crippen molar-refractivity contribution in [1.29, 1.82) is 0 Å². The summed E-state index contributed by atoms with van der Waals surface area (Å²) in [5, 5.41) is 0. The van der Waals surface area contributed by atoms with Crippen LogP contribution in [0.4, 0.5) is 0 Å². The Kier molecular flexibility index (Phi) is 3.51. The highest BCUT2D eigenvalue weighted by molar-refractivity contribution is 7.99. The van der Waals surface area contributed by atoms with Crippen LogP contribution in [0.25, 0.3) is 0 Å². The lowest BCUT2D eigenvalue weighted by molar-refractivity contribution is 0.101. The van der Waals surface area contributed by atoms with Crippen LogP contribution < -0.4 is 0 Å². The summed E-state index contributed by atoms with van der Waals surface area (Å²) in [4.78, 5) is 11.8. The van der Waals surface area contributed by atoms with Crippen LogP contribution in [0.5, 0.6) is 0 Å². The monoisotopic (exact) mass is 235 g/mol. The van der Waals surface area contributed by atoms with Crippen molar-refractivity contribution in [3.63, 3.8) is 0 Å². The van der Waals surface area contributed by atoms with Crippen molar-refractivity contribution >= 4 is 17.5 Å². The van der Waals surface area contributed by atoms with Gasteiger partial charge < -0.3 is 8.98 Å². The summed E-state index contributed by atoms with van der Waals surface area (Å²) >= 11 is 1.57. The molecule has 2 aromatic rings. The zero-order valence-corrected chi connectivity index (χ0v) is 9.87. The molecule has 2 rings (SSSR count). The Morgan fingerprint density at radius 3 is 2.94 bits per heavy atom. The summed E-state index contributed by atoms with van der Waals surface area (Å²) in [7, 11) is 1.88. The topological polar surface area (TPSA) is 35.1 Å². The Balaban J connectivity index is 1.83. The number of hydrogen-bond acceptors (Lipinski definition) is 3. The van der Waals surface area contributed by atoms with E-state index < -0.39 is 0 Å². The molecule has 4 heteroatoms. The van der Waals surface area contributed by atoms with Gasteiger partial charge in [-0.3, -0.25) is 4.79 Å². The zero-order chi connectivity index (χ0) is 11.4. The SMILES string of the molecule is Cn1cccc1C(=O)CSCc1ccco1. The number of nitrogens with zero attached hydrogens (tertiary/aromatic N) is 1. The molecule has 0 amide bonds. The second-order valence-corrected chi connectivity index (χ2v) is 4.49. The standard InChI is InChI=1S/C12H13NO2S/c1-13-6-2-5-11(13)12(14)9-16-8-10-4-3-7-15-10/h2-7H,8-9H2,1H3. The van der Waals surface area contributed by atoms with Gasteiger partial charge in [0.05, 0.1) is 23.5 Å². The molecule has 0 atom stereocenters. The van der Waals surface area contributed by atoms with Gasteiger partial charge in [-0.1, -0.05) is 0 Å². The van der Waals surface area contributed by atoms with Crippen molar-refractivity contribution in [2.45, 2.75) is 5.75 Å². The second kappa shape index (κ2) is 5.07. The smallest absolute Gasteiger partial charge is 0.189 e. The van der Waals surface area contributed by atoms with Gasteiger partial charge in [0.2, 0.25) is 0 Å². The molecule has 0 aromatic carbocycles. The third-order valence-corrected chi connectivity index (χ3v) is 3.24. The molecule has 0 unspecified atom stereocenters. The van der Waals surface area contributed by atoms with E-state index in [1.165, 1.54) is 0 Å². The lowest BCUT2D eigenvalue weighted by atomic mass is 10.3. The fraction of sp³-hybridized carbons (Fsp3) is 0.250. The maximum absolute atomic E-state index is 11.8. The third-order valence-electron chi connectivity index (χ3n) is 2.29. The van der Waals surface area contributed by atoms with E-state index in [0.717, 1.165) is 17.2 Å². The highest BCUT2D eigenvalue weighted by Crippen LogP contribution is 2.14. The molecular weight excluding hydrogens is 222 g/mol.